The molecule has 0 amide bonds. The van der Waals surface area contributed by atoms with Crippen LogP contribution in [0.2, 0.25) is 0 Å². The Bertz CT molecular complexity index is 373. The SMILES string of the molecule is O=[N+]([O-])[O-].O=[N+]([O-])[O-].O=[N+]([O-])[O-].O=[N+]([O-])[O-].O=[N+]([O-])[O-].O=[N+]([O-])[O-].O=[N+]([O-])[O-].O=[N+]([O-])[O-].[NH4+].[NH4+].[NH4+].[NH4+].[Zn+2].[Zn+2]. The Morgan fingerprint density at radius 2 is 0.211 bits per heavy atom. The van der Waals surface area contributed by atoms with E-state index in [0.717, 1.165) is 0 Å². The van der Waals surface area contributed by atoms with Crippen molar-refractivity contribution in [2.75, 3.05) is 0 Å². The summed E-state index contributed by atoms with van der Waals surface area (Å²) < 4.78 is 0. The van der Waals surface area contributed by atoms with Gasteiger partial charge in [0.2, 0.25) is 0 Å². The molecular formula is H16N12O24Zn2. The van der Waals surface area contributed by atoms with Crippen molar-refractivity contribution in [3.05, 3.63) is 123 Å². The molecule has 0 radical (unpaired) electrons. The molecule has 0 fully saturated rings. The van der Waals surface area contributed by atoms with Crippen LogP contribution in [0.25, 0.3) is 0 Å². The van der Waals surface area contributed by atoms with Crippen molar-refractivity contribution < 1.29 is 79.6 Å². The van der Waals surface area contributed by atoms with Crippen LogP contribution in [0, 0.1) is 123 Å². The van der Waals surface area contributed by atoms with Gasteiger partial charge in [0, 0.05) is 0 Å². The molecule has 224 valence electrons. The first kappa shape index (κ1) is 94.0. The molecule has 38 heteroatoms. The van der Waals surface area contributed by atoms with Gasteiger partial charge < -0.3 is 147 Å². The van der Waals surface area contributed by atoms with Gasteiger partial charge >= 0.3 is 39.0 Å². The molecule has 0 aromatic carbocycles. The summed E-state index contributed by atoms with van der Waals surface area (Å²) in [5, 5.41) is 118. The van der Waals surface area contributed by atoms with Crippen LogP contribution >= 0.6 is 0 Å². The summed E-state index contributed by atoms with van der Waals surface area (Å²) in [6, 6.07) is 0. The minimum Gasteiger partial charge on any atom is -0.369 e. The van der Waals surface area contributed by atoms with E-state index in [-0.39, 0.29) is 63.6 Å². The van der Waals surface area contributed by atoms with E-state index in [1.54, 1.807) is 0 Å². The summed E-state index contributed by atoms with van der Waals surface area (Å²) >= 11 is 0. The molecule has 0 spiro atoms. The maximum Gasteiger partial charge on any atom is 2.00 e. The summed E-state index contributed by atoms with van der Waals surface area (Å²) in [5.74, 6) is 0. The molecular weight excluding hydrogens is 683 g/mol. The molecule has 0 atom stereocenters. The van der Waals surface area contributed by atoms with Crippen LogP contribution in [0.3, 0.4) is 0 Å². The molecule has 0 aliphatic heterocycles. The third-order valence-electron chi connectivity index (χ3n) is 0. The number of nitrogens with zero attached hydrogens (tertiary/aromatic N) is 8. The van der Waals surface area contributed by atoms with Gasteiger partial charge in [0.1, 0.15) is 0 Å². The van der Waals surface area contributed by atoms with Crippen molar-refractivity contribution in [2.45, 2.75) is 0 Å². The van der Waals surface area contributed by atoms with Crippen molar-refractivity contribution in [3.63, 3.8) is 0 Å². The van der Waals surface area contributed by atoms with Crippen molar-refractivity contribution in [2.24, 2.45) is 0 Å². The maximum atomic E-state index is 8.25. The Hall–Kier alpha value is -5.31. The molecule has 0 aromatic heterocycles. The fraction of sp³-hybridized carbons (Fsp3) is 0. The zero-order valence-electron chi connectivity index (χ0n) is 18.8. The second-order valence-electron chi connectivity index (χ2n) is 1.79. The Balaban J connectivity index is -0.0000000141. The first-order valence-corrected chi connectivity index (χ1v) is 4.38. The largest absolute Gasteiger partial charge is 2.00 e. The van der Waals surface area contributed by atoms with E-state index in [2.05, 4.69) is 0 Å². The molecule has 0 rings (SSSR count). The topological polar surface area (TPSA) is 676 Å². The van der Waals surface area contributed by atoms with Gasteiger partial charge in [-0.3, -0.25) is 0 Å². The van der Waals surface area contributed by atoms with Crippen molar-refractivity contribution in [3.8, 4) is 0 Å². The second-order valence-corrected chi connectivity index (χ2v) is 1.79. The smallest absolute Gasteiger partial charge is 0.369 e. The maximum absolute atomic E-state index is 8.25. The van der Waals surface area contributed by atoms with E-state index in [4.69, 9.17) is 123 Å². The Morgan fingerprint density at radius 1 is 0.211 bits per heavy atom. The summed E-state index contributed by atoms with van der Waals surface area (Å²) in [6.07, 6.45) is 0. The van der Waals surface area contributed by atoms with Gasteiger partial charge in [0.15, 0.2) is 0 Å². The average molecular weight is 699 g/mol. The molecule has 38 heavy (non-hydrogen) atoms. The summed E-state index contributed by atoms with van der Waals surface area (Å²) in [4.78, 5) is 66.0. The monoisotopic (exact) mass is 696 g/mol. The molecule has 0 bridgehead atoms. The van der Waals surface area contributed by atoms with Crippen LogP contribution < -0.4 is 24.6 Å². The van der Waals surface area contributed by atoms with Gasteiger partial charge in [-0.15, -0.1) is 0 Å². The molecule has 16 N–H and O–H groups in total. The quantitative estimate of drug-likeness (QED) is 0.142. The molecule has 0 aliphatic rings. The van der Waals surface area contributed by atoms with Crippen molar-refractivity contribution in [1.82, 2.24) is 24.6 Å². The summed E-state index contributed by atoms with van der Waals surface area (Å²) in [6.45, 7) is 0. The Labute approximate surface area is 227 Å². The molecule has 0 heterocycles. The average Bonchev–Trinajstić information content (AvgIpc) is 2.30. The molecule has 0 unspecified atom stereocenters. The van der Waals surface area contributed by atoms with E-state index < -0.39 is 40.7 Å². The van der Waals surface area contributed by atoms with Crippen LogP contribution in [0.5, 0.6) is 0 Å². The zero-order valence-corrected chi connectivity index (χ0v) is 24.7. The fourth-order valence-corrected chi connectivity index (χ4v) is 0. The van der Waals surface area contributed by atoms with Gasteiger partial charge in [-0.2, -0.15) is 0 Å². The first-order chi connectivity index (χ1) is 13.9. The molecule has 0 aromatic rings. The predicted octanol–water partition coefficient (Wildman–Crippen LogP) is -0.413. The molecule has 0 saturated carbocycles. The molecule has 36 nitrogen and oxygen atoms in total. The minimum absolute atomic E-state index is 0. The molecule has 0 aliphatic carbocycles. The van der Waals surface area contributed by atoms with Crippen LogP contribution in [0.15, 0.2) is 0 Å². The normalized spacial score (nSPS) is 5.05. The number of hydrogen-bond donors (Lipinski definition) is 4. The standard InChI is InChI=1S/8NO3.4H3N.2Zn/c8*2-1(3)4;;;;;;/h;;;;;;;;4*1H3;;/q8*-1;;;;;2*+2/p+4. The summed E-state index contributed by atoms with van der Waals surface area (Å²) in [5.41, 5.74) is 0. The van der Waals surface area contributed by atoms with Gasteiger partial charge in [-0.1, -0.05) is 0 Å². The zero-order chi connectivity index (χ0) is 28.6. The number of quaternary nitrogens is 4. The predicted molar refractivity (Wildman–Crippen MR) is 107 cm³/mol. The molecule has 0 saturated heterocycles. The second kappa shape index (κ2) is 85.4. The van der Waals surface area contributed by atoms with E-state index in [9.17, 15) is 0 Å². The van der Waals surface area contributed by atoms with Crippen LogP contribution in [-0.2, 0) is 39.0 Å². The van der Waals surface area contributed by atoms with Gasteiger partial charge in [-0.05, 0) is 0 Å². The minimum atomic E-state index is -1.75. The fourth-order valence-electron chi connectivity index (χ4n) is 0. The Kier molecular flexibility index (Phi) is 211. The third kappa shape index (κ3) is 958. The van der Waals surface area contributed by atoms with Crippen molar-refractivity contribution >= 4 is 0 Å². The van der Waals surface area contributed by atoms with Crippen LogP contribution in [0.1, 0.15) is 0 Å². The van der Waals surface area contributed by atoms with Crippen LogP contribution in [-0.4, -0.2) is 40.7 Å². The van der Waals surface area contributed by atoms with E-state index >= 15 is 0 Å². The van der Waals surface area contributed by atoms with Crippen LogP contribution in [0.4, 0.5) is 0 Å². The van der Waals surface area contributed by atoms with E-state index in [1.807, 2.05) is 0 Å². The number of hydrogen-bond acceptors (Lipinski definition) is 24. The van der Waals surface area contributed by atoms with E-state index in [1.165, 1.54) is 0 Å². The summed E-state index contributed by atoms with van der Waals surface area (Å²) in [7, 11) is 0. The third-order valence-corrected chi connectivity index (χ3v) is 0. The van der Waals surface area contributed by atoms with Gasteiger partial charge in [0.25, 0.3) is 0 Å². The Morgan fingerprint density at radius 3 is 0.211 bits per heavy atom. The number of rotatable bonds is 0. The van der Waals surface area contributed by atoms with E-state index in [0.29, 0.717) is 0 Å². The first-order valence-electron chi connectivity index (χ1n) is 4.38. The van der Waals surface area contributed by atoms with Crippen molar-refractivity contribution in [1.29, 1.82) is 0 Å². The van der Waals surface area contributed by atoms with Gasteiger partial charge in [-0.25, -0.2) is 0 Å². The van der Waals surface area contributed by atoms with Gasteiger partial charge in [0.05, 0.1) is 40.7 Å².